The summed E-state index contributed by atoms with van der Waals surface area (Å²) in [4.78, 5) is 18.4. The first kappa shape index (κ1) is 21.3. The number of fused-ring (bicyclic) bond motifs is 3. The van der Waals surface area contributed by atoms with Crippen molar-refractivity contribution in [2.45, 2.75) is 32.7 Å². The Morgan fingerprint density at radius 3 is 2.42 bits per heavy atom. The highest BCUT2D eigenvalue weighted by Gasteiger charge is 2.34. The molecule has 33 heavy (non-hydrogen) atoms. The molecule has 0 fully saturated rings. The fourth-order valence-electron chi connectivity index (χ4n) is 4.37. The number of para-hydroxylation sites is 2. The quantitative estimate of drug-likeness (QED) is 0.357. The predicted molar refractivity (Wildman–Crippen MR) is 135 cm³/mol. The van der Waals surface area contributed by atoms with Crippen LogP contribution in [0, 0.1) is 0 Å². The van der Waals surface area contributed by atoms with E-state index in [4.69, 9.17) is 16.6 Å². The van der Waals surface area contributed by atoms with Gasteiger partial charge in [0.15, 0.2) is 0 Å². The van der Waals surface area contributed by atoms with E-state index in [1.807, 2.05) is 31.2 Å². The average molecular weight is 457 g/mol. The van der Waals surface area contributed by atoms with Crippen molar-refractivity contribution in [1.82, 2.24) is 9.55 Å². The molecule has 5 nitrogen and oxygen atoms in total. The van der Waals surface area contributed by atoms with E-state index in [0.29, 0.717) is 22.2 Å². The van der Waals surface area contributed by atoms with Crippen LogP contribution in [0.2, 0.25) is 5.02 Å². The van der Waals surface area contributed by atoms with Crippen LogP contribution in [0.15, 0.2) is 84.1 Å². The number of imidazole rings is 1. The standard InChI is InChI=1S/C27H25ClN4O/c1-16(2)18-8-10-19(11-9-18)25-24(26(33)30-21-14-12-20(28)13-15-21)17(3)29-27-31-22-6-4-5-7-23(22)32(25)27/h4-16,25H,1-3H3,(H,29,31)(H,30,33)/t25-/m1/s1. The zero-order valence-corrected chi connectivity index (χ0v) is 19.5. The van der Waals surface area contributed by atoms with Crippen LogP contribution in [0.4, 0.5) is 11.6 Å². The Kier molecular flexibility index (Phi) is 5.43. The summed E-state index contributed by atoms with van der Waals surface area (Å²) < 4.78 is 2.11. The third-order valence-corrected chi connectivity index (χ3v) is 6.35. The van der Waals surface area contributed by atoms with Crippen LogP contribution in [0.3, 0.4) is 0 Å². The van der Waals surface area contributed by atoms with Gasteiger partial charge in [-0.15, -0.1) is 0 Å². The van der Waals surface area contributed by atoms with Crippen LogP contribution in [0.25, 0.3) is 11.0 Å². The van der Waals surface area contributed by atoms with Crippen molar-refractivity contribution in [3.05, 3.63) is 100 Å². The molecule has 0 bridgehead atoms. The van der Waals surface area contributed by atoms with Gasteiger partial charge < -0.3 is 10.6 Å². The molecule has 2 heterocycles. The second-order valence-corrected chi connectivity index (χ2v) is 9.08. The number of carbonyl (C=O) groups excluding carboxylic acids is 1. The van der Waals surface area contributed by atoms with Gasteiger partial charge in [0.25, 0.3) is 5.91 Å². The van der Waals surface area contributed by atoms with Gasteiger partial charge in [-0.05, 0) is 60.4 Å². The lowest BCUT2D eigenvalue weighted by molar-refractivity contribution is -0.113. The lowest BCUT2D eigenvalue weighted by atomic mass is 9.92. The number of benzene rings is 3. The number of halogens is 1. The Balaban J connectivity index is 1.64. The Morgan fingerprint density at radius 1 is 1.03 bits per heavy atom. The molecule has 4 aromatic rings. The number of amides is 1. The number of hydrogen-bond donors (Lipinski definition) is 2. The number of rotatable bonds is 4. The van der Waals surface area contributed by atoms with E-state index in [2.05, 4.69) is 53.3 Å². The number of carbonyl (C=O) groups is 1. The van der Waals surface area contributed by atoms with Gasteiger partial charge in [-0.25, -0.2) is 4.98 Å². The van der Waals surface area contributed by atoms with Crippen LogP contribution in [-0.2, 0) is 4.79 Å². The topological polar surface area (TPSA) is 59.0 Å². The smallest absolute Gasteiger partial charge is 0.255 e. The Labute approximate surface area is 198 Å². The minimum atomic E-state index is -0.317. The predicted octanol–water partition coefficient (Wildman–Crippen LogP) is 6.74. The SMILES string of the molecule is CC1=C(C(=O)Nc2ccc(Cl)cc2)[C@@H](c2ccc(C(C)C)cc2)n2c(nc3ccccc32)N1. The zero-order chi connectivity index (χ0) is 23.1. The fraction of sp³-hybridized carbons (Fsp3) is 0.185. The molecule has 0 unspecified atom stereocenters. The molecule has 1 aliphatic rings. The Hall–Kier alpha value is -3.57. The van der Waals surface area contributed by atoms with Crippen LogP contribution in [0.1, 0.15) is 43.9 Å². The molecule has 1 aromatic heterocycles. The van der Waals surface area contributed by atoms with Crippen molar-refractivity contribution in [1.29, 1.82) is 0 Å². The first-order valence-corrected chi connectivity index (χ1v) is 11.4. The molecule has 166 valence electrons. The van der Waals surface area contributed by atoms with Gasteiger partial charge in [-0.2, -0.15) is 0 Å². The van der Waals surface area contributed by atoms with E-state index in [0.717, 1.165) is 28.2 Å². The molecule has 6 heteroatoms. The summed E-state index contributed by atoms with van der Waals surface area (Å²) in [6.07, 6.45) is 0. The van der Waals surface area contributed by atoms with Crippen molar-refractivity contribution < 1.29 is 4.79 Å². The second kappa shape index (κ2) is 8.41. The number of nitrogens with zero attached hydrogens (tertiary/aromatic N) is 2. The van der Waals surface area contributed by atoms with Crippen molar-refractivity contribution in [2.24, 2.45) is 0 Å². The molecule has 2 N–H and O–H groups in total. The summed E-state index contributed by atoms with van der Waals surface area (Å²) in [5.41, 5.74) is 6.28. The highest BCUT2D eigenvalue weighted by molar-refractivity contribution is 6.30. The average Bonchev–Trinajstić information content (AvgIpc) is 3.17. The molecular formula is C27H25ClN4O. The van der Waals surface area contributed by atoms with Gasteiger partial charge in [0, 0.05) is 16.4 Å². The minimum absolute atomic E-state index is 0.163. The Morgan fingerprint density at radius 2 is 1.73 bits per heavy atom. The van der Waals surface area contributed by atoms with E-state index in [1.54, 1.807) is 24.3 Å². The molecule has 0 spiro atoms. The summed E-state index contributed by atoms with van der Waals surface area (Å²) in [7, 11) is 0. The fourth-order valence-corrected chi connectivity index (χ4v) is 4.49. The summed E-state index contributed by atoms with van der Waals surface area (Å²) >= 11 is 6.02. The molecule has 0 radical (unpaired) electrons. The van der Waals surface area contributed by atoms with Crippen LogP contribution < -0.4 is 10.6 Å². The Bertz CT molecular complexity index is 1370. The first-order chi connectivity index (χ1) is 15.9. The van der Waals surface area contributed by atoms with E-state index in [-0.39, 0.29) is 11.9 Å². The number of allylic oxidation sites excluding steroid dienone is 1. The largest absolute Gasteiger partial charge is 0.329 e. The molecule has 1 amide bonds. The molecule has 5 rings (SSSR count). The molecule has 0 saturated carbocycles. The molecule has 1 aliphatic heterocycles. The lowest BCUT2D eigenvalue weighted by Gasteiger charge is -2.31. The van der Waals surface area contributed by atoms with Crippen molar-refractivity contribution >= 4 is 40.2 Å². The molecule has 0 aliphatic carbocycles. The van der Waals surface area contributed by atoms with Crippen molar-refractivity contribution in [2.75, 3.05) is 10.6 Å². The monoisotopic (exact) mass is 456 g/mol. The van der Waals surface area contributed by atoms with Gasteiger partial charge in [-0.1, -0.05) is 61.8 Å². The third-order valence-electron chi connectivity index (χ3n) is 6.10. The normalized spacial score (nSPS) is 15.5. The van der Waals surface area contributed by atoms with Gasteiger partial charge in [0.05, 0.1) is 22.6 Å². The molecular weight excluding hydrogens is 432 g/mol. The number of aromatic nitrogens is 2. The maximum Gasteiger partial charge on any atom is 0.255 e. The van der Waals surface area contributed by atoms with E-state index >= 15 is 0 Å². The van der Waals surface area contributed by atoms with E-state index < -0.39 is 0 Å². The molecule has 0 saturated heterocycles. The summed E-state index contributed by atoms with van der Waals surface area (Å²) in [6.45, 7) is 6.28. The number of anilines is 2. The highest BCUT2D eigenvalue weighted by atomic mass is 35.5. The van der Waals surface area contributed by atoms with Gasteiger partial charge in [0.1, 0.15) is 0 Å². The van der Waals surface area contributed by atoms with E-state index in [1.165, 1.54) is 5.56 Å². The van der Waals surface area contributed by atoms with Gasteiger partial charge in [0.2, 0.25) is 5.95 Å². The van der Waals surface area contributed by atoms with Crippen molar-refractivity contribution in [3.63, 3.8) is 0 Å². The van der Waals surface area contributed by atoms with E-state index in [9.17, 15) is 4.79 Å². The van der Waals surface area contributed by atoms with Gasteiger partial charge >= 0.3 is 0 Å². The summed E-state index contributed by atoms with van der Waals surface area (Å²) in [5, 5.41) is 7.02. The lowest BCUT2D eigenvalue weighted by Crippen LogP contribution is -2.30. The number of hydrogen-bond acceptors (Lipinski definition) is 3. The highest BCUT2D eigenvalue weighted by Crippen LogP contribution is 2.39. The molecule has 3 aromatic carbocycles. The zero-order valence-electron chi connectivity index (χ0n) is 18.8. The number of nitrogens with one attached hydrogen (secondary N) is 2. The summed E-state index contributed by atoms with van der Waals surface area (Å²) in [6, 6.07) is 23.3. The third kappa shape index (κ3) is 3.89. The minimum Gasteiger partial charge on any atom is -0.329 e. The first-order valence-electron chi connectivity index (χ1n) is 11.0. The maximum atomic E-state index is 13.6. The van der Waals surface area contributed by atoms with Crippen LogP contribution >= 0.6 is 11.6 Å². The summed E-state index contributed by atoms with van der Waals surface area (Å²) in [5.74, 6) is 1.00. The van der Waals surface area contributed by atoms with Crippen LogP contribution in [0.5, 0.6) is 0 Å². The maximum absolute atomic E-state index is 13.6. The van der Waals surface area contributed by atoms with Crippen LogP contribution in [-0.4, -0.2) is 15.5 Å². The second-order valence-electron chi connectivity index (χ2n) is 8.64. The molecule has 1 atom stereocenters. The van der Waals surface area contributed by atoms with Crippen molar-refractivity contribution in [3.8, 4) is 0 Å². The van der Waals surface area contributed by atoms with Gasteiger partial charge in [-0.3, -0.25) is 9.36 Å².